The average molecular weight is 463 g/mol. The third-order valence-corrected chi connectivity index (χ3v) is 7.81. The van der Waals surface area contributed by atoms with E-state index in [1.54, 1.807) is 25.1 Å². The molecule has 3 aromatic rings. The molecule has 0 radical (unpaired) electrons. The van der Waals surface area contributed by atoms with Gasteiger partial charge in [0.25, 0.3) is 5.69 Å². The summed E-state index contributed by atoms with van der Waals surface area (Å²) in [5.41, 5.74) is 1.12. The van der Waals surface area contributed by atoms with Crippen LogP contribution in [0.3, 0.4) is 0 Å². The number of piperazine rings is 1. The lowest BCUT2D eigenvalue weighted by Gasteiger charge is -2.35. The van der Waals surface area contributed by atoms with E-state index in [0.29, 0.717) is 16.7 Å². The molecule has 0 amide bonds. The molecule has 1 fully saturated rings. The SMILES string of the molecule is Cc1cc(S(=O)(=O)N2CCN(c3cc4c(cc3[N+](=O)[O-])n(C)c(=O)n4C)CC2)ccc1F. The number of hydrogen-bond donors (Lipinski definition) is 0. The minimum Gasteiger partial charge on any atom is -0.363 e. The molecule has 32 heavy (non-hydrogen) atoms. The number of hydrogen-bond acceptors (Lipinski definition) is 6. The van der Waals surface area contributed by atoms with E-state index in [4.69, 9.17) is 0 Å². The van der Waals surface area contributed by atoms with E-state index in [-0.39, 0.29) is 48.0 Å². The summed E-state index contributed by atoms with van der Waals surface area (Å²) in [7, 11) is -0.676. The van der Waals surface area contributed by atoms with Crippen LogP contribution < -0.4 is 10.6 Å². The van der Waals surface area contributed by atoms with Crippen molar-refractivity contribution in [2.75, 3.05) is 31.1 Å². The first-order chi connectivity index (χ1) is 15.0. The van der Waals surface area contributed by atoms with E-state index < -0.39 is 20.8 Å². The maximum absolute atomic E-state index is 13.5. The fourth-order valence-electron chi connectivity index (χ4n) is 4.02. The first-order valence-corrected chi connectivity index (χ1v) is 11.3. The molecule has 1 saturated heterocycles. The lowest BCUT2D eigenvalue weighted by Crippen LogP contribution is -2.48. The fourth-order valence-corrected chi connectivity index (χ4v) is 5.53. The standard InChI is InChI=1S/C20H22FN5O5S/c1-13-10-14(4-5-15(13)21)32(30,31)25-8-6-24(7-9-25)18-11-16-17(12-19(18)26(28)29)23(3)20(27)22(16)2/h4-5,10-12H,6-9H2,1-3H3. The highest BCUT2D eigenvalue weighted by molar-refractivity contribution is 7.89. The summed E-state index contributed by atoms with van der Waals surface area (Å²) in [6.45, 7) is 2.18. The van der Waals surface area contributed by atoms with E-state index in [0.717, 1.165) is 6.07 Å². The number of fused-ring (bicyclic) bond motifs is 1. The van der Waals surface area contributed by atoms with Crippen molar-refractivity contribution in [3.63, 3.8) is 0 Å². The van der Waals surface area contributed by atoms with Crippen molar-refractivity contribution in [2.45, 2.75) is 11.8 Å². The lowest BCUT2D eigenvalue weighted by molar-refractivity contribution is -0.384. The molecule has 1 aliphatic rings. The number of sulfonamides is 1. The molecule has 12 heteroatoms. The first kappa shape index (κ1) is 22.0. The predicted molar refractivity (Wildman–Crippen MR) is 117 cm³/mol. The van der Waals surface area contributed by atoms with E-state index >= 15 is 0 Å². The Balaban J connectivity index is 1.65. The quantitative estimate of drug-likeness (QED) is 0.431. The van der Waals surface area contributed by atoms with E-state index in [9.17, 15) is 27.7 Å². The van der Waals surface area contributed by atoms with E-state index in [2.05, 4.69) is 0 Å². The van der Waals surface area contributed by atoms with Crippen LogP contribution in [0, 0.1) is 22.9 Å². The van der Waals surface area contributed by atoms with Gasteiger partial charge >= 0.3 is 5.69 Å². The van der Waals surface area contributed by atoms with Crippen LogP contribution in [0.25, 0.3) is 11.0 Å². The topological polar surface area (TPSA) is 111 Å². The zero-order valence-corrected chi connectivity index (χ0v) is 18.6. The molecule has 4 rings (SSSR count). The summed E-state index contributed by atoms with van der Waals surface area (Å²) >= 11 is 0. The first-order valence-electron chi connectivity index (χ1n) is 9.87. The minimum absolute atomic E-state index is 0.0107. The highest BCUT2D eigenvalue weighted by Crippen LogP contribution is 2.33. The van der Waals surface area contributed by atoms with Crippen LogP contribution in [0.5, 0.6) is 0 Å². The van der Waals surface area contributed by atoms with Gasteiger partial charge in [-0.1, -0.05) is 0 Å². The van der Waals surface area contributed by atoms with Gasteiger partial charge < -0.3 is 4.90 Å². The van der Waals surface area contributed by atoms with Crippen molar-refractivity contribution >= 4 is 32.4 Å². The van der Waals surface area contributed by atoms with Crippen LogP contribution in [0.15, 0.2) is 40.0 Å². The molecule has 10 nitrogen and oxygen atoms in total. The van der Waals surface area contributed by atoms with Gasteiger partial charge in [-0.15, -0.1) is 0 Å². The Bertz CT molecular complexity index is 1400. The van der Waals surface area contributed by atoms with Gasteiger partial charge in [-0.2, -0.15) is 4.31 Å². The Kier molecular flexibility index (Phi) is 5.29. The Morgan fingerprint density at radius 3 is 2.16 bits per heavy atom. The van der Waals surface area contributed by atoms with Crippen molar-refractivity contribution in [3.05, 3.63) is 62.3 Å². The molecule has 1 aromatic heterocycles. The Morgan fingerprint density at radius 2 is 1.59 bits per heavy atom. The largest absolute Gasteiger partial charge is 0.363 e. The molecule has 1 aliphatic heterocycles. The smallest absolute Gasteiger partial charge is 0.328 e. The average Bonchev–Trinajstić information content (AvgIpc) is 2.98. The van der Waals surface area contributed by atoms with Gasteiger partial charge in [0.05, 0.1) is 20.9 Å². The predicted octanol–water partition coefficient (Wildman–Crippen LogP) is 1.74. The maximum atomic E-state index is 13.5. The minimum atomic E-state index is -3.82. The van der Waals surface area contributed by atoms with Crippen LogP contribution in [0.1, 0.15) is 5.56 Å². The third-order valence-electron chi connectivity index (χ3n) is 5.91. The molecule has 0 unspecified atom stereocenters. The van der Waals surface area contributed by atoms with Crippen LogP contribution in [-0.2, 0) is 24.1 Å². The van der Waals surface area contributed by atoms with Gasteiger partial charge in [-0.05, 0) is 36.8 Å². The number of benzene rings is 2. The van der Waals surface area contributed by atoms with E-state index in [1.165, 1.54) is 38.6 Å². The highest BCUT2D eigenvalue weighted by Gasteiger charge is 2.31. The van der Waals surface area contributed by atoms with Crippen molar-refractivity contribution in [3.8, 4) is 0 Å². The van der Waals surface area contributed by atoms with Gasteiger partial charge in [-0.25, -0.2) is 17.6 Å². The molecule has 2 aromatic carbocycles. The van der Waals surface area contributed by atoms with Crippen LogP contribution in [0.2, 0.25) is 0 Å². The van der Waals surface area contributed by atoms with Crippen molar-refractivity contribution < 1.29 is 17.7 Å². The molecule has 0 aliphatic carbocycles. The Morgan fingerprint density at radius 1 is 1.00 bits per heavy atom. The number of aromatic nitrogens is 2. The molecule has 0 saturated carbocycles. The zero-order chi connectivity index (χ0) is 23.4. The van der Waals surface area contributed by atoms with Crippen LogP contribution >= 0.6 is 0 Å². The molecule has 0 bridgehead atoms. The molecule has 170 valence electrons. The zero-order valence-electron chi connectivity index (χ0n) is 17.8. The van der Waals surface area contributed by atoms with Gasteiger partial charge in [0, 0.05) is 46.3 Å². The number of anilines is 1. The van der Waals surface area contributed by atoms with Crippen molar-refractivity contribution in [1.82, 2.24) is 13.4 Å². The Labute approximate surface area is 183 Å². The summed E-state index contributed by atoms with van der Waals surface area (Å²) < 4.78 is 43.5. The molecule has 0 spiro atoms. The summed E-state index contributed by atoms with van der Waals surface area (Å²) in [6.07, 6.45) is 0. The monoisotopic (exact) mass is 463 g/mol. The van der Waals surface area contributed by atoms with Gasteiger partial charge in [0.1, 0.15) is 11.5 Å². The van der Waals surface area contributed by atoms with Crippen LogP contribution in [-0.4, -0.2) is 53.0 Å². The molecule has 0 atom stereocenters. The van der Waals surface area contributed by atoms with Crippen molar-refractivity contribution in [2.24, 2.45) is 14.1 Å². The van der Waals surface area contributed by atoms with Crippen LogP contribution in [0.4, 0.5) is 15.8 Å². The normalized spacial score (nSPS) is 15.4. The van der Waals surface area contributed by atoms with Gasteiger partial charge in [0.15, 0.2) is 0 Å². The lowest BCUT2D eigenvalue weighted by atomic mass is 10.2. The van der Waals surface area contributed by atoms with Gasteiger partial charge in [0.2, 0.25) is 10.0 Å². The maximum Gasteiger partial charge on any atom is 0.328 e. The second-order valence-electron chi connectivity index (χ2n) is 7.79. The van der Waals surface area contributed by atoms with E-state index in [1.807, 2.05) is 0 Å². The number of halogens is 1. The Hall–Kier alpha value is -3.25. The number of nitro groups is 1. The third kappa shape index (κ3) is 3.45. The molecular formula is C20H22FN5O5S. The second kappa shape index (κ2) is 7.71. The number of rotatable bonds is 4. The van der Waals surface area contributed by atoms with Gasteiger partial charge in [-0.3, -0.25) is 19.2 Å². The molecule has 0 N–H and O–H groups in total. The summed E-state index contributed by atoms with van der Waals surface area (Å²) in [5, 5.41) is 11.7. The summed E-state index contributed by atoms with van der Waals surface area (Å²) in [4.78, 5) is 25.2. The summed E-state index contributed by atoms with van der Waals surface area (Å²) in [6, 6.07) is 6.63. The summed E-state index contributed by atoms with van der Waals surface area (Å²) in [5.74, 6) is -0.480. The molecular weight excluding hydrogens is 441 g/mol. The van der Waals surface area contributed by atoms with Crippen molar-refractivity contribution in [1.29, 1.82) is 0 Å². The number of nitrogens with zero attached hydrogens (tertiary/aromatic N) is 5. The fraction of sp³-hybridized carbons (Fsp3) is 0.350. The number of imidazole rings is 1. The molecule has 2 heterocycles. The number of aryl methyl sites for hydroxylation is 3. The number of nitro benzene ring substituents is 1. The highest BCUT2D eigenvalue weighted by atomic mass is 32.2. The second-order valence-corrected chi connectivity index (χ2v) is 9.73.